The molecule has 136 valence electrons. The summed E-state index contributed by atoms with van der Waals surface area (Å²) in [5, 5.41) is 16.5. The molecule has 0 spiro atoms. The molecule has 0 atom stereocenters. The summed E-state index contributed by atoms with van der Waals surface area (Å²) in [6.45, 7) is 8.33. The van der Waals surface area contributed by atoms with Gasteiger partial charge in [-0.2, -0.15) is 4.52 Å². The van der Waals surface area contributed by atoms with Crippen LogP contribution in [-0.4, -0.2) is 33.0 Å². The lowest BCUT2D eigenvalue weighted by Crippen LogP contribution is -2.17. The van der Waals surface area contributed by atoms with Crippen molar-refractivity contribution in [3.05, 3.63) is 41.7 Å². The second-order valence-electron chi connectivity index (χ2n) is 7.45. The average Bonchev–Trinajstić information content (AvgIpc) is 2.90. The summed E-state index contributed by atoms with van der Waals surface area (Å²) < 4.78 is 13.2. The van der Waals surface area contributed by atoms with Crippen LogP contribution in [0, 0.1) is 0 Å². The monoisotopic (exact) mass is 353 g/mol. The highest BCUT2D eigenvalue weighted by Crippen LogP contribution is 2.30. The third-order valence-electron chi connectivity index (χ3n) is 4.22. The van der Waals surface area contributed by atoms with Gasteiger partial charge in [-0.25, -0.2) is 0 Å². The Kier molecular flexibility index (Phi) is 4.14. The molecule has 1 aliphatic rings. The summed E-state index contributed by atoms with van der Waals surface area (Å²) in [6, 6.07) is 9.86. The molecule has 0 bridgehead atoms. The fraction of sp³-hybridized carbons (Fsp3) is 0.421. The Morgan fingerprint density at radius 3 is 2.65 bits per heavy atom. The molecule has 7 heteroatoms. The number of rotatable bonds is 3. The van der Waals surface area contributed by atoms with E-state index in [9.17, 15) is 0 Å². The molecule has 7 nitrogen and oxygen atoms in total. The van der Waals surface area contributed by atoms with Gasteiger partial charge in [0.05, 0.1) is 13.2 Å². The van der Waals surface area contributed by atoms with Crippen LogP contribution < -0.4 is 14.8 Å². The zero-order valence-electron chi connectivity index (χ0n) is 15.3. The number of hydrogen-bond acceptors (Lipinski definition) is 6. The number of benzene rings is 1. The first-order valence-corrected chi connectivity index (χ1v) is 8.86. The van der Waals surface area contributed by atoms with E-state index in [1.54, 1.807) is 4.52 Å². The standard InChI is InChI=1S/C19H23N5O2/c1-19(2,3)18-22-21-17-8-7-16(23-24(17)18)20-12-13-5-6-14-15(11-13)26-10-4-9-25-14/h5-8,11H,4,9-10,12H2,1-3H3,(H,20,23). The fourth-order valence-corrected chi connectivity index (χ4v) is 2.86. The molecule has 1 aliphatic heterocycles. The lowest BCUT2D eigenvalue weighted by molar-refractivity contribution is 0.297. The smallest absolute Gasteiger partial charge is 0.178 e. The maximum atomic E-state index is 5.75. The molecule has 0 saturated carbocycles. The Hall–Kier alpha value is -2.83. The predicted molar refractivity (Wildman–Crippen MR) is 98.9 cm³/mol. The van der Waals surface area contributed by atoms with Crippen LogP contribution in [0.4, 0.5) is 5.82 Å². The lowest BCUT2D eigenvalue weighted by Gasteiger charge is -2.15. The number of nitrogens with one attached hydrogen (secondary N) is 1. The highest BCUT2D eigenvalue weighted by molar-refractivity contribution is 5.47. The summed E-state index contributed by atoms with van der Waals surface area (Å²) in [6.07, 6.45) is 0.904. The van der Waals surface area contributed by atoms with Gasteiger partial charge in [0.1, 0.15) is 5.82 Å². The van der Waals surface area contributed by atoms with Crippen molar-refractivity contribution in [2.45, 2.75) is 39.2 Å². The minimum Gasteiger partial charge on any atom is -0.490 e. The summed E-state index contributed by atoms with van der Waals surface area (Å²) in [5.41, 5.74) is 1.73. The van der Waals surface area contributed by atoms with Gasteiger partial charge in [-0.15, -0.1) is 15.3 Å². The van der Waals surface area contributed by atoms with E-state index in [1.807, 2.05) is 30.3 Å². The van der Waals surface area contributed by atoms with Gasteiger partial charge in [0.2, 0.25) is 0 Å². The molecule has 0 radical (unpaired) electrons. The highest BCUT2D eigenvalue weighted by Gasteiger charge is 2.21. The number of aromatic nitrogens is 4. The van der Waals surface area contributed by atoms with E-state index in [-0.39, 0.29) is 5.41 Å². The van der Waals surface area contributed by atoms with Crippen molar-refractivity contribution in [1.82, 2.24) is 19.8 Å². The van der Waals surface area contributed by atoms with Crippen LogP contribution in [0.15, 0.2) is 30.3 Å². The van der Waals surface area contributed by atoms with Gasteiger partial charge in [0.25, 0.3) is 0 Å². The lowest BCUT2D eigenvalue weighted by atomic mass is 9.96. The maximum Gasteiger partial charge on any atom is 0.178 e. The van der Waals surface area contributed by atoms with Gasteiger partial charge in [0, 0.05) is 18.4 Å². The third-order valence-corrected chi connectivity index (χ3v) is 4.22. The Labute approximate surface area is 152 Å². The van der Waals surface area contributed by atoms with Crippen LogP contribution in [0.2, 0.25) is 0 Å². The number of anilines is 1. The van der Waals surface area contributed by atoms with E-state index in [0.717, 1.165) is 40.8 Å². The molecule has 0 aliphatic carbocycles. The maximum absolute atomic E-state index is 5.75. The van der Waals surface area contributed by atoms with Gasteiger partial charge >= 0.3 is 0 Å². The van der Waals surface area contributed by atoms with Crippen LogP contribution in [0.25, 0.3) is 5.65 Å². The zero-order valence-corrected chi connectivity index (χ0v) is 15.3. The molecule has 4 rings (SSSR count). The van der Waals surface area contributed by atoms with E-state index in [4.69, 9.17) is 9.47 Å². The van der Waals surface area contributed by atoms with Gasteiger partial charge < -0.3 is 14.8 Å². The largest absolute Gasteiger partial charge is 0.490 e. The zero-order chi connectivity index (χ0) is 18.1. The van der Waals surface area contributed by atoms with Crippen molar-refractivity contribution in [2.75, 3.05) is 18.5 Å². The van der Waals surface area contributed by atoms with E-state index < -0.39 is 0 Å². The molecule has 26 heavy (non-hydrogen) atoms. The summed E-state index contributed by atoms with van der Waals surface area (Å²) >= 11 is 0. The third kappa shape index (κ3) is 3.29. The summed E-state index contributed by atoms with van der Waals surface area (Å²) in [4.78, 5) is 0. The first-order chi connectivity index (χ1) is 12.5. The van der Waals surface area contributed by atoms with Gasteiger partial charge in [-0.05, 0) is 29.8 Å². The second kappa shape index (κ2) is 6.48. The molecular weight excluding hydrogens is 330 g/mol. The highest BCUT2D eigenvalue weighted by atomic mass is 16.5. The molecule has 1 aromatic carbocycles. The first kappa shape index (κ1) is 16.6. The van der Waals surface area contributed by atoms with Crippen LogP contribution >= 0.6 is 0 Å². The van der Waals surface area contributed by atoms with Crippen LogP contribution in [0.1, 0.15) is 38.6 Å². The van der Waals surface area contributed by atoms with E-state index in [0.29, 0.717) is 19.8 Å². The van der Waals surface area contributed by atoms with E-state index in [2.05, 4.69) is 41.4 Å². The molecular formula is C19H23N5O2. The Balaban J connectivity index is 1.54. The van der Waals surface area contributed by atoms with Crippen molar-refractivity contribution in [2.24, 2.45) is 0 Å². The fourth-order valence-electron chi connectivity index (χ4n) is 2.86. The molecule has 2 aromatic heterocycles. The predicted octanol–water partition coefficient (Wildman–Crippen LogP) is 3.20. The van der Waals surface area contributed by atoms with E-state index in [1.165, 1.54) is 0 Å². The minimum atomic E-state index is -0.126. The molecule has 3 heterocycles. The number of nitrogens with zero attached hydrogens (tertiary/aromatic N) is 4. The minimum absolute atomic E-state index is 0.126. The number of fused-ring (bicyclic) bond motifs is 2. The molecule has 0 unspecified atom stereocenters. The van der Waals surface area contributed by atoms with Gasteiger partial charge in [-0.1, -0.05) is 26.8 Å². The van der Waals surface area contributed by atoms with Crippen molar-refractivity contribution in [3.63, 3.8) is 0 Å². The van der Waals surface area contributed by atoms with E-state index >= 15 is 0 Å². The van der Waals surface area contributed by atoms with Crippen molar-refractivity contribution >= 4 is 11.5 Å². The normalized spacial score (nSPS) is 14.3. The SMILES string of the molecule is CC(C)(C)c1nnc2ccc(NCc3ccc4c(c3)OCCCO4)nn12. The Bertz CT molecular complexity index is 929. The van der Waals surface area contributed by atoms with Crippen molar-refractivity contribution in [1.29, 1.82) is 0 Å². The van der Waals surface area contributed by atoms with Crippen LogP contribution in [0.5, 0.6) is 11.5 Å². The topological polar surface area (TPSA) is 73.6 Å². The quantitative estimate of drug-likeness (QED) is 0.779. The van der Waals surface area contributed by atoms with Crippen molar-refractivity contribution < 1.29 is 9.47 Å². The Morgan fingerprint density at radius 2 is 1.85 bits per heavy atom. The second-order valence-corrected chi connectivity index (χ2v) is 7.45. The molecule has 0 fully saturated rings. The van der Waals surface area contributed by atoms with Gasteiger partial charge in [0.15, 0.2) is 23.0 Å². The van der Waals surface area contributed by atoms with Crippen LogP contribution in [0.3, 0.4) is 0 Å². The number of hydrogen-bond donors (Lipinski definition) is 1. The average molecular weight is 353 g/mol. The molecule has 3 aromatic rings. The van der Waals surface area contributed by atoms with Crippen molar-refractivity contribution in [3.8, 4) is 11.5 Å². The summed E-state index contributed by atoms with van der Waals surface area (Å²) in [5.74, 6) is 3.23. The van der Waals surface area contributed by atoms with Gasteiger partial charge in [-0.3, -0.25) is 0 Å². The Morgan fingerprint density at radius 1 is 1.04 bits per heavy atom. The molecule has 0 saturated heterocycles. The molecule has 1 N–H and O–H groups in total. The van der Waals surface area contributed by atoms with Crippen LogP contribution in [-0.2, 0) is 12.0 Å². The molecule has 0 amide bonds. The number of ether oxygens (including phenoxy) is 2. The summed E-state index contributed by atoms with van der Waals surface area (Å²) in [7, 11) is 0. The first-order valence-electron chi connectivity index (χ1n) is 8.86.